The number of amides is 1. The third-order valence-electron chi connectivity index (χ3n) is 2.91. The zero-order valence-electron chi connectivity index (χ0n) is 16.5. The molecule has 0 radical (unpaired) electrons. The molecule has 0 bridgehead atoms. The largest absolute Gasteiger partial charge is 0.378 e. The summed E-state index contributed by atoms with van der Waals surface area (Å²) in [5.74, 6) is 0.0699. The first kappa shape index (κ1) is 23.3. The van der Waals surface area contributed by atoms with E-state index in [1.165, 1.54) is 0 Å². The summed E-state index contributed by atoms with van der Waals surface area (Å²) in [6.07, 6.45) is 0.529. The van der Waals surface area contributed by atoms with Crippen LogP contribution in [0.2, 0.25) is 0 Å². The van der Waals surface area contributed by atoms with E-state index in [9.17, 15) is 4.79 Å². The second-order valence-corrected chi connectivity index (χ2v) is 8.10. The summed E-state index contributed by atoms with van der Waals surface area (Å²) in [7, 11) is 0. The van der Waals surface area contributed by atoms with Gasteiger partial charge in [-0.2, -0.15) is 0 Å². The third-order valence-corrected chi connectivity index (χ3v) is 2.91. The van der Waals surface area contributed by atoms with Gasteiger partial charge in [0.25, 0.3) is 0 Å². The maximum absolute atomic E-state index is 11.6. The first-order chi connectivity index (χ1) is 11.1. The van der Waals surface area contributed by atoms with Crippen molar-refractivity contribution in [3.05, 3.63) is 0 Å². The van der Waals surface area contributed by atoms with Crippen molar-refractivity contribution >= 4 is 5.91 Å². The predicted molar refractivity (Wildman–Crippen MR) is 97.3 cm³/mol. The number of hydrogen-bond acceptors (Lipinski definition) is 5. The van der Waals surface area contributed by atoms with Crippen LogP contribution in [0.1, 0.15) is 48.0 Å². The molecule has 0 spiro atoms. The maximum atomic E-state index is 11.6. The van der Waals surface area contributed by atoms with Crippen molar-refractivity contribution in [2.75, 3.05) is 52.7 Å². The zero-order valence-corrected chi connectivity index (χ0v) is 16.5. The molecule has 0 rings (SSSR count). The molecular weight excluding hydrogens is 308 g/mol. The molecule has 0 aromatic heterocycles. The lowest BCUT2D eigenvalue weighted by atomic mass is 9.92. The molecule has 0 aromatic carbocycles. The summed E-state index contributed by atoms with van der Waals surface area (Å²) in [6.45, 7) is 17.3. The van der Waals surface area contributed by atoms with Gasteiger partial charge in [0.15, 0.2) is 0 Å². The van der Waals surface area contributed by atoms with Crippen LogP contribution in [0.15, 0.2) is 0 Å². The molecule has 6 nitrogen and oxygen atoms in total. The monoisotopic (exact) mass is 346 g/mol. The Labute approximate surface area is 148 Å². The number of carbonyl (C=O) groups is 1. The number of carbonyl (C=O) groups excluding carboxylic acids is 1. The van der Waals surface area contributed by atoms with E-state index in [1.54, 1.807) is 0 Å². The van der Waals surface area contributed by atoms with Crippen molar-refractivity contribution < 1.29 is 19.0 Å². The average Bonchev–Trinajstić information content (AvgIpc) is 2.40. The topological polar surface area (TPSA) is 68.8 Å². The quantitative estimate of drug-likeness (QED) is 0.499. The highest BCUT2D eigenvalue weighted by Crippen LogP contribution is 2.17. The molecule has 0 aromatic rings. The van der Waals surface area contributed by atoms with Crippen molar-refractivity contribution in [3.8, 4) is 0 Å². The second-order valence-electron chi connectivity index (χ2n) is 8.10. The van der Waals surface area contributed by atoms with Crippen LogP contribution >= 0.6 is 0 Å². The number of ether oxygens (including phenoxy) is 3. The van der Waals surface area contributed by atoms with Gasteiger partial charge in [-0.3, -0.25) is 4.79 Å². The fraction of sp³-hybridized carbons (Fsp3) is 0.944. The minimum absolute atomic E-state index is 0.0175. The van der Waals surface area contributed by atoms with Gasteiger partial charge in [0.05, 0.1) is 39.6 Å². The van der Waals surface area contributed by atoms with Crippen molar-refractivity contribution in [2.24, 2.45) is 5.41 Å². The summed E-state index contributed by atoms with van der Waals surface area (Å²) in [5, 5.41) is 6.21. The first-order valence-corrected chi connectivity index (χ1v) is 8.85. The minimum Gasteiger partial charge on any atom is -0.378 e. The van der Waals surface area contributed by atoms with E-state index in [1.807, 2.05) is 20.8 Å². The molecule has 2 N–H and O–H groups in total. The molecule has 0 heterocycles. The Morgan fingerprint density at radius 2 is 1.21 bits per heavy atom. The molecule has 6 heteroatoms. The zero-order chi connectivity index (χ0) is 18.5. The normalized spacial score (nSPS) is 12.4. The van der Waals surface area contributed by atoms with Gasteiger partial charge in [-0.25, -0.2) is 0 Å². The molecule has 0 aliphatic rings. The van der Waals surface area contributed by atoms with Gasteiger partial charge in [-0.05, 0) is 26.2 Å². The molecule has 0 aliphatic carbocycles. The first-order valence-electron chi connectivity index (χ1n) is 8.85. The highest BCUT2D eigenvalue weighted by molar-refractivity contribution is 5.76. The van der Waals surface area contributed by atoms with Gasteiger partial charge in [-0.1, -0.05) is 20.8 Å². The van der Waals surface area contributed by atoms with E-state index in [4.69, 9.17) is 14.2 Å². The molecule has 0 aliphatic heterocycles. The summed E-state index contributed by atoms with van der Waals surface area (Å²) in [5.41, 5.74) is 0.146. The predicted octanol–water partition coefficient (Wildman–Crippen LogP) is 1.98. The van der Waals surface area contributed by atoms with Crippen LogP contribution in [-0.2, 0) is 19.0 Å². The molecule has 0 saturated carbocycles. The molecule has 0 fully saturated rings. The number of rotatable bonds is 13. The average molecular weight is 347 g/mol. The van der Waals surface area contributed by atoms with Crippen LogP contribution in [0.4, 0.5) is 0 Å². The van der Waals surface area contributed by atoms with Crippen LogP contribution in [0.25, 0.3) is 0 Å². The van der Waals surface area contributed by atoms with Gasteiger partial charge in [0.2, 0.25) is 5.91 Å². The Hall–Kier alpha value is -0.690. The lowest BCUT2D eigenvalue weighted by Crippen LogP contribution is -2.38. The van der Waals surface area contributed by atoms with E-state index >= 15 is 0 Å². The van der Waals surface area contributed by atoms with Crippen molar-refractivity contribution in [2.45, 2.75) is 53.5 Å². The van der Waals surface area contributed by atoms with Crippen LogP contribution in [-0.4, -0.2) is 64.2 Å². The van der Waals surface area contributed by atoms with Crippen LogP contribution < -0.4 is 10.6 Å². The van der Waals surface area contributed by atoms with E-state index in [0.717, 1.165) is 6.54 Å². The number of hydrogen-bond donors (Lipinski definition) is 2. The van der Waals surface area contributed by atoms with Crippen molar-refractivity contribution in [1.82, 2.24) is 10.6 Å². The Kier molecular flexibility index (Phi) is 12.3. The second kappa shape index (κ2) is 12.6. The number of nitrogens with one attached hydrogen (secondary N) is 2. The fourth-order valence-electron chi connectivity index (χ4n) is 1.85. The summed E-state index contributed by atoms with van der Waals surface area (Å²) in [6, 6.07) is 0. The molecule has 1 amide bonds. The third kappa shape index (κ3) is 19.4. The fourth-order valence-corrected chi connectivity index (χ4v) is 1.85. The lowest BCUT2D eigenvalue weighted by Gasteiger charge is -2.20. The van der Waals surface area contributed by atoms with Crippen molar-refractivity contribution in [1.29, 1.82) is 0 Å². The summed E-state index contributed by atoms with van der Waals surface area (Å²) >= 11 is 0. The van der Waals surface area contributed by atoms with Crippen LogP contribution in [0.5, 0.6) is 0 Å². The van der Waals surface area contributed by atoms with Crippen molar-refractivity contribution in [3.63, 3.8) is 0 Å². The van der Waals surface area contributed by atoms with E-state index in [0.29, 0.717) is 52.6 Å². The van der Waals surface area contributed by atoms with Crippen LogP contribution in [0.3, 0.4) is 0 Å². The Morgan fingerprint density at radius 3 is 1.67 bits per heavy atom. The minimum atomic E-state index is 0.0175. The van der Waals surface area contributed by atoms with Gasteiger partial charge >= 0.3 is 0 Å². The van der Waals surface area contributed by atoms with Gasteiger partial charge in [0, 0.05) is 25.0 Å². The molecule has 144 valence electrons. The molecular formula is C18H38N2O4. The van der Waals surface area contributed by atoms with Gasteiger partial charge in [-0.15, -0.1) is 0 Å². The van der Waals surface area contributed by atoms with Gasteiger partial charge in [0.1, 0.15) is 0 Å². The standard InChI is InChI=1S/C18H38N2O4/c1-17(2,3)15-16(21)19-7-9-22-11-13-24-14-12-23-10-8-20-18(4,5)6/h20H,7-15H2,1-6H3,(H,19,21). The highest BCUT2D eigenvalue weighted by atomic mass is 16.5. The van der Waals surface area contributed by atoms with Gasteiger partial charge < -0.3 is 24.8 Å². The Balaban J connectivity index is 3.22. The highest BCUT2D eigenvalue weighted by Gasteiger charge is 2.15. The Morgan fingerprint density at radius 1 is 0.750 bits per heavy atom. The van der Waals surface area contributed by atoms with Crippen LogP contribution in [0, 0.1) is 5.41 Å². The molecule has 0 saturated heterocycles. The molecule has 0 atom stereocenters. The SMILES string of the molecule is CC(C)(C)CC(=O)NCCOCCOCCOCCNC(C)(C)C. The summed E-state index contributed by atoms with van der Waals surface area (Å²) in [4.78, 5) is 11.6. The summed E-state index contributed by atoms with van der Waals surface area (Å²) < 4.78 is 16.3. The van der Waals surface area contributed by atoms with E-state index < -0.39 is 0 Å². The smallest absolute Gasteiger partial charge is 0.220 e. The maximum Gasteiger partial charge on any atom is 0.220 e. The molecule has 24 heavy (non-hydrogen) atoms. The van der Waals surface area contributed by atoms with E-state index in [2.05, 4.69) is 31.4 Å². The Bertz CT molecular complexity index is 322. The van der Waals surface area contributed by atoms with E-state index in [-0.39, 0.29) is 16.9 Å². The molecule has 0 unspecified atom stereocenters. The lowest BCUT2D eigenvalue weighted by molar-refractivity contribution is -0.123.